The summed E-state index contributed by atoms with van der Waals surface area (Å²) in [5.41, 5.74) is 2.65. The van der Waals surface area contributed by atoms with Crippen molar-refractivity contribution in [3.05, 3.63) is 59.0 Å². The molecule has 2 N–H and O–H groups in total. The van der Waals surface area contributed by atoms with Gasteiger partial charge in [0.05, 0.1) is 10.6 Å². The van der Waals surface area contributed by atoms with Crippen molar-refractivity contribution in [3.63, 3.8) is 0 Å². The van der Waals surface area contributed by atoms with Crippen LogP contribution in [0.3, 0.4) is 0 Å². The molecule has 24 heavy (non-hydrogen) atoms. The largest absolute Gasteiger partial charge is 0.508 e. The molecule has 2 aromatic rings. The van der Waals surface area contributed by atoms with Gasteiger partial charge in [-0.3, -0.25) is 4.79 Å². The molecule has 0 spiro atoms. The Balaban J connectivity index is 1.79. The van der Waals surface area contributed by atoms with E-state index in [1.807, 2.05) is 49.3 Å². The van der Waals surface area contributed by atoms with Crippen LogP contribution in [0.15, 0.2) is 58.4 Å². The first-order chi connectivity index (χ1) is 11.5. The Kier molecular flexibility index (Phi) is 4.57. The van der Waals surface area contributed by atoms with Crippen LogP contribution in [-0.2, 0) is 4.79 Å². The maximum absolute atomic E-state index is 12.1. The number of hydrogen-bond acceptors (Lipinski definition) is 5. The van der Waals surface area contributed by atoms with Crippen molar-refractivity contribution in [2.75, 3.05) is 19.0 Å². The number of phenolic OH excluding ortho intramolecular Hbond substituents is 1. The van der Waals surface area contributed by atoms with Gasteiger partial charge in [0.2, 0.25) is 0 Å². The van der Waals surface area contributed by atoms with Gasteiger partial charge in [-0.2, -0.15) is 0 Å². The third-order valence-corrected chi connectivity index (χ3v) is 4.33. The van der Waals surface area contributed by atoms with E-state index in [0.29, 0.717) is 15.8 Å². The van der Waals surface area contributed by atoms with E-state index in [0.717, 1.165) is 11.3 Å². The number of nitrogens with one attached hydrogen (secondary N) is 1. The number of aliphatic imine (C=N–C) groups is 1. The van der Waals surface area contributed by atoms with E-state index in [9.17, 15) is 9.90 Å². The molecule has 0 saturated carbocycles. The second-order valence-electron chi connectivity index (χ2n) is 5.49. The Morgan fingerprint density at radius 1 is 1.17 bits per heavy atom. The molecule has 2 aromatic carbocycles. The molecule has 1 heterocycles. The molecule has 1 saturated heterocycles. The maximum Gasteiger partial charge on any atom is 0.264 e. The Morgan fingerprint density at radius 3 is 2.58 bits per heavy atom. The summed E-state index contributed by atoms with van der Waals surface area (Å²) in [5.74, 6) is -0.0292. The highest BCUT2D eigenvalue weighted by atomic mass is 32.2. The minimum atomic E-state index is -0.171. The summed E-state index contributed by atoms with van der Waals surface area (Å²) in [6.07, 6.45) is 1.84. The van der Waals surface area contributed by atoms with E-state index in [4.69, 9.17) is 0 Å². The Labute approximate surface area is 144 Å². The summed E-state index contributed by atoms with van der Waals surface area (Å²) in [4.78, 5) is 19.0. The van der Waals surface area contributed by atoms with Gasteiger partial charge in [0.15, 0.2) is 5.17 Å². The smallest absolute Gasteiger partial charge is 0.264 e. The first kappa shape index (κ1) is 16.1. The lowest BCUT2D eigenvalue weighted by Gasteiger charge is -2.11. The van der Waals surface area contributed by atoms with Gasteiger partial charge >= 0.3 is 0 Å². The number of rotatable bonds is 3. The minimum absolute atomic E-state index is 0.142. The van der Waals surface area contributed by atoms with E-state index in [-0.39, 0.29) is 11.7 Å². The fourth-order valence-electron chi connectivity index (χ4n) is 2.18. The summed E-state index contributed by atoms with van der Waals surface area (Å²) in [6.45, 7) is 0. The van der Waals surface area contributed by atoms with Gasteiger partial charge in [0.1, 0.15) is 5.75 Å². The molecule has 0 aliphatic carbocycles. The second kappa shape index (κ2) is 6.80. The van der Waals surface area contributed by atoms with Crippen LogP contribution in [-0.4, -0.2) is 30.3 Å². The standard InChI is InChI=1S/C18H17N3O2S/c1-21(2)14-8-6-12(7-9-14)10-16-17(23)20-18(24-16)19-13-4-3-5-15(22)11-13/h3-11,22H,1-2H3,(H,19,20,23)/b16-10+. The van der Waals surface area contributed by atoms with Crippen LogP contribution in [0, 0.1) is 0 Å². The zero-order chi connectivity index (χ0) is 17.1. The second-order valence-corrected chi connectivity index (χ2v) is 6.52. The number of carbonyl (C=O) groups is 1. The lowest BCUT2D eigenvalue weighted by Crippen LogP contribution is -2.19. The van der Waals surface area contributed by atoms with Gasteiger partial charge in [-0.1, -0.05) is 18.2 Å². The third-order valence-electron chi connectivity index (χ3n) is 3.42. The number of amides is 1. The average Bonchev–Trinajstić information content (AvgIpc) is 2.87. The number of amidine groups is 1. The molecule has 3 rings (SSSR count). The van der Waals surface area contributed by atoms with Crippen molar-refractivity contribution in [1.82, 2.24) is 5.32 Å². The summed E-state index contributed by atoms with van der Waals surface area (Å²) in [6, 6.07) is 14.5. The molecule has 1 amide bonds. The van der Waals surface area contributed by atoms with Crippen molar-refractivity contribution < 1.29 is 9.90 Å². The van der Waals surface area contributed by atoms with Gasteiger partial charge in [-0.05, 0) is 47.7 Å². The zero-order valence-corrected chi connectivity index (χ0v) is 14.2. The summed E-state index contributed by atoms with van der Waals surface area (Å²) in [5, 5.41) is 12.7. The van der Waals surface area contributed by atoms with Crippen molar-refractivity contribution in [1.29, 1.82) is 0 Å². The number of thioether (sulfide) groups is 1. The monoisotopic (exact) mass is 339 g/mol. The fraction of sp³-hybridized carbons (Fsp3) is 0.111. The number of carbonyl (C=O) groups excluding carboxylic acids is 1. The number of hydrogen-bond donors (Lipinski definition) is 2. The van der Waals surface area contributed by atoms with Gasteiger partial charge < -0.3 is 15.3 Å². The highest BCUT2D eigenvalue weighted by molar-refractivity contribution is 8.18. The molecule has 1 fully saturated rings. The minimum Gasteiger partial charge on any atom is -0.508 e. The molecule has 5 nitrogen and oxygen atoms in total. The maximum atomic E-state index is 12.1. The normalized spacial score (nSPS) is 17.3. The van der Waals surface area contributed by atoms with Crippen molar-refractivity contribution in [2.24, 2.45) is 4.99 Å². The molecular formula is C18H17N3O2S. The molecule has 0 aromatic heterocycles. The molecule has 122 valence electrons. The van der Waals surface area contributed by atoms with Gasteiger partial charge in [-0.25, -0.2) is 4.99 Å². The van der Waals surface area contributed by atoms with Gasteiger partial charge in [-0.15, -0.1) is 0 Å². The van der Waals surface area contributed by atoms with Gasteiger partial charge in [0.25, 0.3) is 5.91 Å². The van der Waals surface area contributed by atoms with E-state index >= 15 is 0 Å². The number of nitrogens with zero attached hydrogens (tertiary/aromatic N) is 2. The van der Waals surface area contributed by atoms with Gasteiger partial charge in [0, 0.05) is 25.8 Å². The fourth-order valence-corrected chi connectivity index (χ4v) is 3.02. The molecule has 1 aliphatic rings. The molecule has 1 aliphatic heterocycles. The Bertz CT molecular complexity index is 826. The zero-order valence-electron chi connectivity index (χ0n) is 13.4. The van der Waals surface area contributed by atoms with Crippen LogP contribution in [0.2, 0.25) is 0 Å². The number of phenols is 1. The summed E-state index contributed by atoms with van der Waals surface area (Å²) < 4.78 is 0. The number of aromatic hydroxyl groups is 1. The summed E-state index contributed by atoms with van der Waals surface area (Å²) in [7, 11) is 3.97. The predicted molar refractivity (Wildman–Crippen MR) is 99.7 cm³/mol. The van der Waals surface area contributed by atoms with Crippen molar-refractivity contribution in [2.45, 2.75) is 0 Å². The molecule has 6 heteroatoms. The highest BCUT2D eigenvalue weighted by Crippen LogP contribution is 2.29. The SMILES string of the molecule is CN(C)c1ccc(/C=C2/SC(=Nc3cccc(O)c3)NC2=O)cc1. The lowest BCUT2D eigenvalue weighted by molar-refractivity contribution is -0.115. The van der Waals surface area contributed by atoms with E-state index < -0.39 is 0 Å². The van der Waals surface area contributed by atoms with Crippen LogP contribution in [0.1, 0.15) is 5.56 Å². The highest BCUT2D eigenvalue weighted by Gasteiger charge is 2.23. The first-order valence-corrected chi connectivity index (χ1v) is 8.19. The topological polar surface area (TPSA) is 64.9 Å². The number of anilines is 1. The van der Waals surface area contributed by atoms with E-state index in [2.05, 4.69) is 10.3 Å². The first-order valence-electron chi connectivity index (χ1n) is 7.37. The molecule has 0 radical (unpaired) electrons. The van der Waals surface area contributed by atoms with E-state index in [1.165, 1.54) is 11.8 Å². The molecule has 0 bridgehead atoms. The molecule has 0 atom stereocenters. The number of benzene rings is 2. The molecule has 0 unspecified atom stereocenters. The Hall–Kier alpha value is -2.73. The van der Waals surface area contributed by atoms with E-state index in [1.54, 1.807) is 24.3 Å². The predicted octanol–water partition coefficient (Wildman–Crippen LogP) is 3.35. The van der Waals surface area contributed by atoms with Crippen LogP contribution < -0.4 is 10.2 Å². The van der Waals surface area contributed by atoms with Crippen LogP contribution >= 0.6 is 11.8 Å². The van der Waals surface area contributed by atoms with Crippen molar-refractivity contribution >= 4 is 40.3 Å². The third kappa shape index (κ3) is 3.78. The lowest BCUT2D eigenvalue weighted by atomic mass is 10.2. The van der Waals surface area contributed by atoms with Crippen LogP contribution in [0.5, 0.6) is 5.75 Å². The molecular weight excluding hydrogens is 322 g/mol. The van der Waals surface area contributed by atoms with Crippen LogP contribution in [0.4, 0.5) is 11.4 Å². The van der Waals surface area contributed by atoms with Crippen molar-refractivity contribution in [3.8, 4) is 5.75 Å². The quantitative estimate of drug-likeness (QED) is 0.842. The average molecular weight is 339 g/mol. The van der Waals surface area contributed by atoms with Crippen LogP contribution in [0.25, 0.3) is 6.08 Å². The summed E-state index contributed by atoms with van der Waals surface area (Å²) >= 11 is 1.28. The Morgan fingerprint density at radius 2 is 1.92 bits per heavy atom.